The van der Waals surface area contributed by atoms with E-state index < -0.39 is 5.63 Å². The van der Waals surface area contributed by atoms with Crippen molar-refractivity contribution in [1.29, 1.82) is 0 Å². The molecule has 0 aliphatic carbocycles. The minimum absolute atomic E-state index is 0.126. The Bertz CT molecular complexity index is 1080. The van der Waals surface area contributed by atoms with Gasteiger partial charge in [0.15, 0.2) is 5.78 Å². The standard InChI is InChI=1S/C25H25NO3/c27-23(13-11-20-7-4-14-26-17-20)22-16-21-12-10-19(15-24(21)29-25(22)28)9-8-18-5-2-1-3-6-18/h1-3,5-6,8-10,12,15-16,20,26H,4,7,11,13-14,17H2. The molecule has 2 heterocycles. The molecule has 1 saturated heterocycles. The lowest BCUT2D eigenvalue weighted by molar-refractivity contribution is 0.0968. The van der Waals surface area contributed by atoms with Gasteiger partial charge in [-0.05, 0) is 61.5 Å². The molecule has 0 radical (unpaired) electrons. The number of piperidine rings is 1. The lowest BCUT2D eigenvalue weighted by Crippen LogP contribution is -2.30. The molecule has 4 rings (SSSR count). The first kappa shape index (κ1) is 19.3. The van der Waals surface area contributed by atoms with Gasteiger partial charge in [0.25, 0.3) is 0 Å². The van der Waals surface area contributed by atoms with Crippen LogP contribution in [0, 0.1) is 5.92 Å². The zero-order chi connectivity index (χ0) is 20.1. The Morgan fingerprint density at radius 2 is 1.90 bits per heavy atom. The van der Waals surface area contributed by atoms with Gasteiger partial charge in [0.05, 0.1) is 0 Å². The maximum absolute atomic E-state index is 12.6. The van der Waals surface area contributed by atoms with Crippen LogP contribution in [0.3, 0.4) is 0 Å². The molecule has 1 aromatic heterocycles. The fourth-order valence-corrected chi connectivity index (χ4v) is 3.82. The Morgan fingerprint density at radius 1 is 1.07 bits per heavy atom. The summed E-state index contributed by atoms with van der Waals surface area (Å²) in [5.41, 5.74) is 2.15. The topological polar surface area (TPSA) is 59.3 Å². The third-order valence-electron chi connectivity index (χ3n) is 5.51. The molecule has 0 bridgehead atoms. The van der Waals surface area contributed by atoms with E-state index in [9.17, 15) is 9.59 Å². The van der Waals surface area contributed by atoms with Crippen molar-refractivity contribution in [3.8, 4) is 0 Å². The first-order valence-corrected chi connectivity index (χ1v) is 10.2. The highest BCUT2D eigenvalue weighted by molar-refractivity contribution is 5.98. The minimum Gasteiger partial charge on any atom is -0.422 e. The van der Waals surface area contributed by atoms with Crippen molar-refractivity contribution < 1.29 is 9.21 Å². The number of hydrogen-bond donors (Lipinski definition) is 1. The molecule has 4 nitrogen and oxygen atoms in total. The van der Waals surface area contributed by atoms with E-state index in [0.717, 1.165) is 48.9 Å². The van der Waals surface area contributed by atoms with Gasteiger partial charge in [-0.15, -0.1) is 0 Å². The number of carbonyl (C=O) groups excluding carboxylic acids is 1. The summed E-state index contributed by atoms with van der Waals surface area (Å²) in [6.07, 6.45) is 7.49. The normalized spacial score (nSPS) is 17.0. The molecule has 29 heavy (non-hydrogen) atoms. The van der Waals surface area contributed by atoms with Crippen LogP contribution in [0.15, 0.2) is 63.8 Å². The third kappa shape index (κ3) is 4.90. The summed E-state index contributed by atoms with van der Waals surface area (Å²) in [6.45, 7) is 2.01. The molecular weight excluding hydrogens is 362 g/mol. The number of carbonyl (C=O) groups is 1. The van der Waals surface area contributed by atoms with Crippen molar-refractivity contribution in [2.24, 2.45) is 5.92 Å². The number of rotatable bonds is 6. The predicted octanol–water partition coefficient (Wildman–Crippen LogP) is 4.93. The van der Waals surface area contributed by atoms with Crippen LogP contribution in [-0.4, -0.2) is 18.9 Å². The average Bonchev–Trinajstić information content (AvgIpc) is 2.77. The largest absolute Gasteiger partial charge is 0.422 e. The molecule has 1 aliphatic rings. The van der Waals surface area contributed by atoms with Crippen LogP contribution in [-0.2, 0) is 0 Å². The van der Waals surface area contributed by atoms with Gasteiger partial charge in [0, 0.05) is 11.8 Å². The van der Waals surface area contributed by atoms with E-state index in [1.807, 2.05) is 60.7 Å². The quantitative estimate of drug-likeness (QED) is 0.370. The lowest BCUT2D eigenvalue weighted by atomic mass is 9.92. The van der Waals surface area contributed by atoms with E-state index in [1.165, 1.54) is 0 Å². The van der Waals surface area contributed by atoms with E-state index in [2.05, 4.69) is 5.32 Å². The van der Waals surface area contributed by atoms with Gasteiger partial charge in [0.1, 0.15) is 11.1 Å². The molecule has 1 N–H and O–H groups in total. The van der Waals surface area contributed by atoms with E-state index in [1.54, 1.807) is 6.07 Å². The summed E-state index contributed by atoms with van der Waals surface area (Å²) < 4.78 is 5.48. The van der Waals surface area contributed by atoms with Crippen LogP contribution >= 0.6 is 0 Å². The van der Waals surface area contributed by atoms with Gasteiger partial charge >= 0.3 is 5.63 Å². The predicted molar refractivity (Wildman–Crippen MR) is 117 cm³/mol. The molecule has 0 spiro atoms. The highest BCUT2D eigenvalue weighted by Gasteiger charge is 2.18. The Labute approximate surface area is 170 Å². The van der Waals surface area contributed by atoms with Crippen molar-refractivity contribution in [2.45, 2.75) is 25.7 Å². The first-order chi connectivity index (χ1) is 14.2. The number of hydrogen-bond acceptors (Lipinski definition) is 4. The second-order valence-electron chi connectivity index (χ2n) is 7.66. The maximum Gasteiger partial charge on any atom is 0.347 e. The van der Waals surface area contributed by atoms with E-state index in [-0.39, 0.29) is 11.3 Å². The summed E-state index contributed by atoms with van der Waals surface area (Å²) >= 11 is 0. The number of fused-ring (bicyclic) bond motifs is 1. The van der Waals surface area contributed by atoms with Gasteiger partial charge in [-0.1, -0.05) is 54.6 Å². The van der Waals surface area contributed by atoms with Gasteiger partial charge in [-0.25, -0.2) is 4.79 Å². The van der Waals surface area contributed by atoms with Crippen LogP contribution in [0.25, 0.3) is 23.1 Å². The molecule has 1 atom stereocenters. The SMILES string of the molecule is O=C(CCC1CCCNC1)c1cc2ccc(C=Cc3ccccc3)cc2oc1=O. The van der Waals surface area contributed by atoms with Crippen LogP contribution in [0.4, 0.5) is 0 Å². The fourth-order valence-electron chi connectivity index (χ4n) is 3.82. The monoisotopic (exact) mass is 387 g/mol. The number of Topliss-reactive ketones (excluding diaryl/α,β-unsaturated/α-hetero) is 1. The van der Waals surface area contributed by atoms with Crippen molar-refractivity contribution in [2.75, 3.05) is 13.1 Å². The Balaban J connectivity index is 1.50. The third-order valence-corrected chi connectivity index (χ3v) is 5.51. The van der Waals surface area contributed by atoms with Crippen molar-refractivity contribution in [1.82, 2.24) is 5.32 Å². The molecule has 4 heteroatoms. The second-order valence-corrected chi connectivity index (χ2v) is 7.66. The molecule has 148 valence electrons. The summed E-state index contributed by atoms with van der Waals surface area (Å²) in [5.74, 6) is 0.387. The van der Waals surface area contributed by atoms with Gasteiger partial charge in [0.2, 0.25) is 0 Å². The van der Waals surface area contributed by atoms with Gasteiger partial charge in [-0.3, -0.25) is 4.79 Å². The molecule has 1 unspecified atom stereocenters. The van der Waals surface area contributed by atoms with Crippen molar-refractivity contribution in [3.63, 3.8) is 0 Å². The van der Waals surface area contributed by atoms with Gasteiger partial charge < -0.3 is 9.73 Å². The minimum atomic E-state index is -0.548. The van der Waals surface area contributed by atoms with Crippen molar-refractivity contribution >= 4 is 28.9 Å². The Kier molecular flexibility index (Phi) is 6.01. The highest BCUT2D eigenvalue weighted by atomic mass is 16.4. The molecule has 3 aromatic rings. The van der Waals surface area contributed by atoms with E-state index in [0.29, 0.717) is 17.9 Å². The molecule has 0 amide bonds. The number of nitrogens with one attached hydrogen (secondary N) is 1. The van der Waals surface area contributed by atoms with Crippen LogP contribution in [0.5, 0.6) is 0 Å². The fraction of sp³-hybridized carbons (Fsp3) is 0.280. The van der Waals surface area contributed by atoms with E-state index >= 15 is 0 Å². The van der Waals surface area contributed by atoms with Crippen molar-refractivity contribution in [3.05, 3.63) is 81.7 Å². The Morgan fingerprint density at radius 3 is 2.69 bits per heavy atom. The second kappa shape index (κ2) is 9.01. The zero-order valence-electron chi connectivity index (χ0n) is 16.4. The summed E-state index contributed by atoms with van der Waals surface area (Å²) in [5, 5.41) is 4.13. The van der Waals surface area contributed by atoms with Crippen LogP contribution in [0.2, 0.25) is 0 Å². The average molecular weight is 387 g/mol. The summed E-state index contributed by atoms with van der Waals surface area (Å²) in [4.78, 5) is 25.0. The molecular formula is C25H25NO3. The highest BCUT2D eigenvalue weighted by Crippen LogP contribution is 2.20. The molecule has 1 aliphatic heterocycles. The van der Waals surface area contributed by atoms with E-state index in [4.69, 9.17) is 4.42 Å². The smallest absolute Gasteiger partial charge is 0.347 e. The first-order valence-electron chi connectivity index (χ1n) is 10.2. The molecule has 1 fully saturated rings. The summed E-state index contributed by atoms with van der Waals surface area (Å²) in [6, 6.07) is 17.4. The Hall–Kier alpha value is -2.98. The number of ketones is 1. The van der Waals surface area contributed by atoms with Gasteiger partial charge in [-0.2, -0.15) is 0 Å². The summed E-state index contributed by atoms with van der Waals surface area (Å²) in [7, 11) is 0. The molecule has 2 aromatic carbocycles. The maximum atomic E-state index is 12.6. The molecule has 0 saturated carbocycles. The van der Waals surface area contributed by atoms with Crippen LogP contribution < -0.4 is 10.9 Å². The lowest BCUT2D eigenvalue weighted by Gasteiger charge is -2.22. The zero-order valence-corrected chi connectivity index (χ0v) is 16.4. The number of benzene rings is 2. The van der Waals surface area contributed by atoms with Crippen LogP contribution in [0.1, 0.15) is 47.2 Å².